The smallest absolute Gasteiger partial charge is 0.337 e. The van der Waals surface area contributed by atoms with Gasteiger partial charge in [-0.05, 0) is 44.5 Å². The summed E-state index contributed by atoms with van der Waals surface area (Å²) in [6.07, 6.45) is 0. The SMILES string of the molecule is Cc1ccc(F)c(-n2c(C)cc(C(=O)O)c2C)c1. The summed E-state index contributed by atoms with van der Waals surface area (Å²) >= 11 is 0. The third kappa shape index (κ3) is 1.90. The van der Waals surface area contributed by atoms with Gasteiger partial charge < -0.3 is 9.67 Å². The van der Waals surface area contributed by atoms with E-state index in [0.717, 1.165) is 5.56 Å². The van der Waals surface area contributed by atoms with Crippen molar-refractivity contribution in [2.24, 2.45) is 0 Å². The first kappa shape index (κ1) is 12.4. The molecule has 0 amide bonds. The van der Waals surface area contributed by atoms with Gasteiger partial charge in [0.25, 0.3) is 0 Å². The second-order valence-corrected chi connectivity index (χ2v) is 4.38. The maximum atomic E-state index is 13.9. The highest BCUT2D eigenvalue weighted by Crippen LogP contribution is 2.23. The topological polar surface area (TPSA) is 42.2 Å². The minimum Gasteiger partial charge on any atom is -0.478 e. The molecule has 3 nitrogen and oxygen atoms in total. The third-order valence-electron chi connectivity index (χ3n) is 3.00. The van der Waals surface area contributed by atoms with Crippen molar-refractivity contribution in [3.63, 3.8) is 0 Å². The molecule has 0 atom stereocenters. The van der Waals surface area contributed by atoms with E-state index in [-0.39, 0.29) is 11.4 Å². The van der Waals surface area contributed by atoms with Crippen molar-refractivity contribution in [2.75, 3.05) is 0 Å². The molecule has 2 aromatic rings. The molecule has 2 rings (SSSR count). The number of carboxylic acid groups (broad SMARTS) is 1. The second-order valence-electron chi connectivity index (χ2n) is 4.38. The minimum absolute atomic E-state index is 0.202. The van der Waals surface area contributed by atoms with Crippen molar-refractivity contribution in [3.05, 3.63) is 52.6 Å². The van der Waals surface area contributed by atoms with Crippen LogP contribution < -0.4 is 0 Å². The summed E-state index contributed by atoms with van der Waals surface area (Å²) < 4.78 is 15.5. The maximum absolute atomic E-state index is 13.9. The quantitative estimate of drug-likeness (QED) is 0.885. The molecule has 18 heavy (non-hydrogen) atoms. The van der Waals surface area contributed by atoms with Crippen molar-refractivity contribution >= 4 is 5.97 Å². The van der Waals surface area contributed by atoms with E-state index in [9.17, 15) is 9.18 Å². The Hall–Kier alpha value is -2.10. The lowest BCUT2D eigenvalue weighted by molar-refractivity contribution is 0.0696. The molecule has 0 fully saturated rings. The van der Waals surface area contributed by atoms with Crippen LogP contribution in [0, 0.1) is 26.6 Å². The van der Waals surface area contributed by atoms with Crippen molar-refractivity contribution in [1.82, 2.24) is 4.57 Å². The van der Waals surface area contributed by atoms with E-state index in [4.69, 9.17) is 5.11 Å². The van der Waals surface area contributed by atoms with Gasteiger partial charge in [-0.15, -0.1) is 0 Å². The molecular formula is C14H14FNO2. The Balaban J connectivity index is 2.71. The van der Waals surface area contributed by atoms with Crippen LogP contribution in [0.5, 0.6) is 0 Å². The Morgan fingerprint density at radius 3 is 2.44 bits per heavy atom. The maximum Gasteiger partial charge on any atom is 0.337 e. The molecule has 0 aliphatic rings. The highest BCUT2D eigenvalue weighted by Gasteiger charge is 2.17. The number of hydrogen-bond acceptors (Lipinski definition) is 1. The monoisotopic (exact) mass is 247 g/mol. The Labute approximate surface area is 104 Å². The number of nitrogens with zero attached hydrogens (tertiary/aromatic N) is 1. The first-order chi connectivity index (χ1) is 8.41. The average Bonchev–Trinajstić information content (AvgIpc) is 2.58. The number of aromatic nitrogens is 1. The van der Waals surface area contributed by atoms with E-state index in [2.05, 4.69) is 0 Å². The fourth-order valence-corrected chi connectivity index (χ4v) is 2.14. The molecule has 0 saturated carbocycles. The highest BCUT2D eigenvalue weighted by atomic mass is 19.1. The van der Waals surface area contributed by atoms with E-state index >= 15 is 0 Å². The van der Waals surface area contributed by atoms with Crippen LogP contribution in [0.3, 0.4) is 0 Å². The number of hydrogen-bond donors (Lipinski definition) is 1. The molecule has 0 bridgehead atoms. The fourth-order valence-electron chi connectivity index (χ4n) is 2.14. The zero-order chi connectivity index (χ0) is 13.4. The molecule has 0 aliphatic carbocycles. The lowest BCUT2D eigenvalue weighted by Gasteiger charge is -2.11. The standard InChI is InChI=1S/C14H14FNO2/c1-8-4-5-12(15)13(6-8)16-9(2)7-11(10(16)3)14(17)18/h4-7H,1-3H3,(H,17,18). The zero-order valence-corrected chi connectivity index (χ0v) is 10.5. The predicted molar refractivity (Wildman–Crippen MR) is 66.9 cm³/mol. The van der Waals surface area contributed by atoms with Crippen molar-refractivity contribution in [1.29, 1.82) is 0 Å². The summed E-state index contributed by atoms with van der Waals surface area (Å²) in [5.41, 5.74) is 2.75. The van der Waals surface area contributed by atoms with Gasteiger partial charge in [0.05, 0.1) is 11.3 Å². The molecule has 0 spiro atoms. The molecule has 4 heteroatoms. The van der Waals surface area contributed by atoms with E-state index in [1.807, 2.05) is 6.92 Å². The summed E-state index contributed by atoms with van der Waals surface area (Å²) in [5.74, 6) is -1.36. The van der Waals surface area contributed by atoms with Crippen molar-refractivity contribution < 1.29 is 14.3 Å². The summed E-state index contributed by atoms with van der Waals surface area (Å²) in [6, 6.07) is 6.34. The average molecular weight is 247 g/mol. The lowest BCUT2D eigenvalue weighted by atomic mass is 10.2. The Kier molecular flexibility index (Phi) is 2.95. The van der Waals surface area contributed by atoms with Gasteiger partial charge in [-0.3, -0.25) is 0 Å². The van der Waals surface area contributed by atoms with Crippen LogP contribution in [0.25, 0.3) is 5.69 Å². The lowest BCUT2D eigenvalue weighted by Crippen LogP contribution is -2.04. The molecule has 0 aliphatic heterocycles. The fraction of sp³-hybridized carbons (Fsp3) is 0.214. The molecular weight excluding hydrogens is 233 g/mol. The van der Waals surface area contributed by atoms with Crippen LogP contribution in [0.4, 0.5) is 4.39 Å². The zero-order valence-electron chi connectivity index (χ0n) is 10.5. The second kappa shape index (κ2) is 4.29. The van der Waals surface area contributed by atoms with Crippen LogP contribution in [0.1, 0.15) is 27.3 Å². The highest BCUT2D eigenvalue weighted by molar-refractivity contribution is 5.89. The first-order valence-corrected chi connectivity index (χ1v) is 5.60. The molecule has 1 N–H and O–H groups in total. The summed E-state index contributed by atoms with van der Waals surface area (Å²) in [4.78, 5) is 11.1. The summed E-state index contributed by atoms with van der Waals surface area (Å²) in [6.45, 7) is 5.31. The molecule has 1 heterocycles. The van der Waals surface area contributed by atoms with Gasteiger partial charge in [-0.1, -0.05) is 6.07 Å². The van der Waals surface area contributed by atoms with Crippen LogP contribution in [0.15, 0.2) is 24.3 Å². The van der Waals surface area contributed by atoms with Gasteiger partial charge in [0.2, 0.25) is 0 Å². The van der Waals surface area contributed by atoms with Crippen LogP contribution in [-0.4, -0.2) is 15.6 Å². The van der Waals surface area contributed by atoms with E-state index in [1.54, 1.807) is 36.6 Å². The van der Waals surface area contributed by atoms with E-state index in [1.165, 1.54) is 6.07 Å². The van der Waals surface area contributed by atoms with Gasteiger partial charge in [-0.2, -0.15) is 0 Å². The first-order valence-electron chi connectivity index (χ1n) is 5.60. The molecule has 1 aromatic carbocycles. The van der Waals surface area contributed by atoms with Gasteiger partial charge >= 0.3 is 5.97 Å². The molecule has 0 unspecified atom stereocenters. The Morgan fingerprint density at radius 1 is 1.22 bits per heavy atom. The largest absolute Gasteiger partial charge is 0.478 e. The molecule has 0 radical (unpaired) electrons. The van der Waals surface area contributed by atoms with Gasteiger partial charge in [-0.25, -0.2) is 9.18 Å². The van der Waals surface area contributed by atoms with Crippen LogP contribution in [-0.2, 0) is 0 Å². The number of carbonyl (C=O) groups is 1. The van der Waals surface area contributed by atoms with E-state index in [0.29, 0.717) is 17.1 Å². The number of carboxylic acids is 1. The van der Waals surface area contributed by atoms with Crippen molar-refractivity contribution in [3.8, 4) is 5.69 Å². The van der Waals surface area contributed by atoms with Gasteiger partial charge in [0.15, 0.2) is 0 Å². The van der Waals surface area contributed by atoms with Gasteiger partial charge in [0.1, 0.15) is 5.82 Å². The summed E-state index contributed by atoms with van der Waals surface area (Å²) in [5, 5.41) is 9.07. The number of rotatable bonds is 2. The number of aromatic carboxylic acids is 1. The predicted octanol–water partition coefficient (Wildman–Crippen LogP) is 3.24. The van der Waals surface area contributed by atoms with Crippen LogP contribution >= 0.6 is 0 Å². The number of aryl methyl sites for hydroxylation is 2. The third-order valence-corrected chi connectivity index (χ3v) is 3.00. The molecule has 94 valence electrons. The molecule has 0 saturated heterocycles. The normalized spacial score (nSPS) is 10.7. The number of halogens is 1. The van der Waals surface area contributed by atoms with Crippen molar-refractivity contribution in [2.45, 2.75) is 20.8 Å². The number of benzene rings is 1. The van der Waals surface area contributed by atoms with E-state index < -0.39 is 5.97 Å². The minimum atomic E-state index is -0.998. The summed E-state index contributed by atoms with van der Waals surface area (Å²) in [7, 11) is 0. The molecule has 1 aromatic heterocycles. The van der Waals surface area contributed by atoms with Gasteiger partial charge in [0, 0.05) is 11.4 Å². The Bertz CT molecular complexity index is 629. The van der Waals surface area contributed by atoms with Crippen LogP contribution in [0.2, 0.25) is 0 Å². The Morgan fingerprint density at radius 2 is 1.89 bits per heavy atom.